The monoisotopic (exact) mass is 857 g/mol. The van der Waals surface area contributed by atoms with Crippen LogP contribution in [0.15, 0.2) is 115 Å². The molecule has 6 aromatic rings. The van der Waals surface area contributed by atoms with Crippen LogP contribution in [0.4, 0.5) is 4.39 Å². The summed E-state index contributed by atoms with van der Waals surface area (Å²) in [6.07, 6.45) is 6.76. The molecule has 0 bridgehead atoms. The van der Waals surface area contributed by atoms with Crippen LogP contribution in [0.1, 0.15) is 64.5 Å². The molecule has 5 aromatic carbocycles. The van der Waals surface area contributed by atoms with E-state index in [9.17, 15) is 14.3 Å². The van der Waals surface area contributed by atoms with Gasteiger partial charge in [0.15, 0.2) is 5.78 Å². The van der Waals surface area contributed by atoms with Gasteiger partial charge in [0.1, 0.15) is 5.82 Å². The topological polar surface area (TPSA) is 50.2 Å². The first-order valence-corrected chi connectivity index (χ1v) is 17.8. The van der Waals surface area contributed by atoms with Crippen LogP contribution in [0.25, 0.3) is 55.1 Å². The second-order valence-corrected chi connectivity index (χ2v) is 13.0. The van der Waals surface area contributed by atoms with Crippen molar-refractivity contribution in [2.24, 2.45) is 11.8 Å². The average Bonchev–Trinajstić information content (AvgIpc) is 3.12. The number of ketones is 1. The number of benzene rings is 5. The molecular formula is C46H47FIrNO2-. The Kier molecular flexibility index (Phi) is 14.0. The summed E-state index contributed by atoms with van der Waals surface area (Å²) in [5.74, 6) is 0.296. The molecule has 0 spiro atoms. The summed E-state index contributed by atoms with van der Waals surface area (Å²) in [5.41, 5.74) is 8.40. The van der Waals surface area contributed by atoms with Gasteiger partial charge in [0, 0.05) is 44.2 Å². The van der Waals surface area contributed by atoms with Crippen LogP contribution in [0, 0.1) is 37.6 Å². The number of aromatic nitrogens is 1. The molecule has 0 saturated heterocycles. The van der Waals surface area contributed by atoms with Crippen LogP contribution >= 0.6 is 0 Å². The molecule has 0 atom stereocenters. The molecule has 6 rings (SSSR count). The molecule has 5 heteroatoms. The first-order chi connectivity index (χ1) is 24.2. The van der Waals surface area contributed by atoms with E-state index in [0.717, 1.165) is 86.3 Å². The Hall–Kier alpha value is -4.44. The van der Waals surface area contributed by atoms with Gasteiger partial charge in [-0.3, -0.25) is 4.79 Å². The fourth-order valence-corrected chi connectivity index (χ4v) is 6.89. The molecule has 0 aliphatic rings. The molecule has 51 heavy (non-hydrogen) atoms. The maximum Gasteiger partial charge on any atom is 0.162 e. The van der Waals surface area contributed by atoms with E-state index in [4.69, 9.17) is 4.98 Å². The summed E-state index contributed by atoms with van der Waals surface area (Å²) in [6.45, 7) is 12.2. The summed E-state index contributed by atoms with van der Waals surface area (Å²) in [7, 11) is 0. The third kappa shape index (κ3) is 9.08. The summed E-state index contributed by atoms with van der Waals surface area (Å²) < 4.78 is 14.7. The zero-order chi connectivity index (χ0) is 35.8. The van der Waals surface area contributed by atoms with Crippen LogP contribution < -0.4 is 0 Å². The van der Waals surface area contributed by atoms with Crippen LogP contribution in [0.3, 0.4) is 0 Å². The van der Waals surface area contributed by atoms with E-state index in [1.807, 2.05) is 83.3 Å². The largest absolute Gasteiger partial charge is 0.512 e. The van der Waals surface area contributed by atoms with Crippen molar-refractivity contribution in [3.05, 3.63) is 138 Å². The van der Waals surface area contributed by atoms with Gasteiger partial charge in [-0.25, -0.2) is 4.39 Å². The number of hydrogen-bond donors (Lipinski definition) is 1. The van der Waals surface area contributed by atoms with E-state index in [0.29, 0.717) is 0 Å². The Bertz CT molecular complexity index is 2110. The Balaban J connectivity index is 0.000000312. The van der Waals surface area contributed by atoms with E-state index in [2.05, 4.69) is 55.5 Å². The van der Waals surface area contributed by atoms with Crippen LogP contribution in [-0.2, 0) is 24.9 Å². The third-order valence-electron chi connectivity index (χ3n) is 9.61. The van der Waals surface area contributed by atoms with Gasteiger partial charge in [-0.15, -0.1) is 34.9 Å². The minimum absolute atomic E-state index is 0. The van der Waals surface area contributed by atoms with Gasteiger partial charge in [0.2, 0.25) is 0 Å². The maximum absolute atomic E-state index is 14.7. The fourth-order valence-electron chi connectivity index (χ4n) is 6.89. The molecule has 0 amide bonds. The molecule has 0 aliphatic heterocycles. The molecule has 265 valence electrons. The Morgan fingerprint density at radius 3 is 2.06 bits per heavy atom. The molecule has 1 N–H and O–H groups in total. The fraction of sp³-hybridized carbons (Fsp3) is 0.261. The zero-order valence-corrected chi connectivity index (χ0v) is 32.8. The minimum Gasteiger partial charge on any atom is -0.512 e. The van der Waals surface area contributed by atoms with Crippen molar-refractivity contribution in [1.29, 1.82) is 0 Å². The maximum atomic E-state index is 14.7. The first-order valence-electron chi connectivity index (χ1n) is 17.8. The number of allylic oxidation sites excluding steroid dienone is 2. The van der Waals surface area contributed by atoms with Crippen molar-refractivity contribution in [1.82, 2.24) is 4.98 Å². The van der Waals surface area contributed by atoms with Gasteiger partial charge in [0.25, 0.3) is 0 Å². The average molecular weight is 857 g/mol. The van der Waals surface area contributed by atoms with Crippen molar-refractivity contribution in [3.63, 3.8) is 0 Å². The molecule has 3 nitrogen and oxygen atoms in total. The SMILES string of the molecule is CCC(CC)C(=O)/C=C(\O)C(CC)CC.Cc1[c-]c(-c2nccc3cc(-c4ccccc4-c4ccccc4)c4cc(F)ccc4c23)cc(C)c1.[Ir]. The van der Waals surface area contributed by atoms with Gasteiger partial charge < -0.3 is 10.1 Å². The molecule has 0 saturated carbocycles. The second-order valence-electron chi connectivity index (χ2n) is 13.0. The van der Waals surface area contributed by atoms with E-state index in [-0.39, 0.29) is 49.3 Å². The van der Waals surface area contributed by atoms with Crippen LogP contribution in [0.5, 0.6) is 0 Å². The first kappa shape index (κ1) is 39.3. The third-order valence-corrected chi connectivity index (χ3v) is 9.61. The van der Waals surface area contributed by atoms with E-state index in [1.54, 1.807) is 6.07 Å². The van der Waals surface area contributed by atoms with Crippen LogP contribution in [0.2, 0.25) is 0 Å². The number of aryl methyl sites for hydroxylation is 2. The quantitative estimate of drug-likeness (QED) is 0.0646. The number of pyridine rings is 1. The standard InChI is InChI=1S/C33H23FN.C13H24O2.Ir/c1-21-16-22(2)18-25(17-21)33-32-24(14-15-35-33)19-30(31-20-26(34)12-13-29(31)32)28-11-7-6-10-27(28)23-8-4-3-5-9-23;1-5-10(6-2)12(14)9-13(15)11(7-3)8-4;/h3-17,19-20H,1-2H3;9-11,14H,5-8H2,1-4H3;/q-1;;/b;12-9-;. The molecule has 1 aromatic heterocycles. The molecular weight excluding hydrogens is 810 g/mol. The molecule has 0 aliphatic carbocycles. The second kappa shape index (κ2) is 18.2. The number of carbonyl (C=O) groups is 1. The number of aliphatic hydroxyl groups is 1. The predicted octanol–water partition coefficient (Wildman–Crippen LogP) is 12.8. The Labute approximate surface area is 316 Å². The smallest absolute Gasteiger partial charge is 0.162 e. The van der Waals surface area contributed by atoms with Crippen LogP contribution in [-0.4, -0.2) is 15.9 Å². The van der Waals surface area contributed by atoms with E-state index in [1.165, 1.54) is 17.7 Å². The predicted molar refractivity (Wildman–Crippen MR) is 208 cm³/mol. The molecule has 1 heterocycles. The summed E-state index contributed by atoms with van der Waals surface area (Å²) in [5, 5.41) is 13.7. The molecule has 0 unspecified atom stereocenters. The van der Waals surface area contributed by atoms with Crippen molar-refractivity contribution in [3.8, 4) is 33.5 Å². The number of hydrogen-bond acceptors (Lipinski definition) is 3. The summed E-state index contributed by atoms with van der Waals surface area (Å²) in [6, 6.07) is 35.6. The van der Waals surface area contributed by atoms with Crippen molar-refractivity contribution in [2.45, 2.75) is 67.2 Å². The van der Waals surface area contributed by atoms with Gasteiger partial charge >= 0.3 is 0 Å². The summed E-state index contributed by atoms with van der Waals surface area (Å²) >= 11 is 0. The minimum atomic E-state index is -0.251. The van der Waals surface area contributed by atoms with Gasteiger partial charge in [0.05, 0.1) is 5.76 Å². The zero-order valence-electron chi connectivity index (χ0n) is 30.4. The van der Waals surface area contributed by atoms with Gasteiger partial charge in [-0.2, -0.15) is 0 Å². The van der Waals surface area contributed by atoms with Crippen molar-refractivity contribution < 1.29 is 34.4 Å². The number of halogens is 1. The summed E-state index contributed by atoms with van der Waals surface area (Å²) in [4.78, 5) is 16.5. The van der Waals surface area contributed by atoms with Crippen molar-refractivity contribution >= 4 is 27.3 Å². The number of fused-ring (bicyclic) bond motifs is 3. The van der Waals surface area contributed by atoms with Crippen molar-refractivity contribution in [2.75, 3.05) is 0 Å². The Morgan fingerprint density at radius 2 is 1.41 bits per heavy atom. The Morgan fingerprint density at radius 1 is 0.765 bits per heavy atom. The number of nitrogens with zero attached hydrogens (tertiary/aromatic N) is 1. The number of rotatable bonds is 10. The van der Waals surface area contributed by atoms with E-state index < -0.39 is 0 Å². The van der Waals surface area contributed by atoms with E-state index >= 15 is 0 Å². The number of aliphatic hydroxyl groups excluding tert-OH is 1. The van der Waals surface area contributed by atoms with Gasteiger partial charge in [-0.1, -0.05) is 102 Å². The normalized spacial score (nSPS) is 11.4. The number of carbonyl (C=O) groups excluding carboxylic acids is 1. The van der Waals surface area contributed by atoms with Gasteiger partial charge in [-0.05, 0) is 99.4 Å². The molecule has 0 fully saturated rings. The molecule has 1 radical (unpaired) electrons.